The molecule has 43 heteroatoms. The van der Waals surface area contributed by atoms with E-state index in [4.69, 9.17) is 62.6 Å². The second-order valence-electron chi connectivity index (χ2n) is 35.4. The largest absolute Gasteiger partial charge is 0.379 e. The maximum atomic E-state index is 14.0. The number of carbonyl (C=O) groups excluding carboxylic acids is 21. The van der Waals surface area contributed by atoms with Crippen LogP contribution in [0.3, 0.4) is 0 Å². The first-order valence-electron chi connectivity index (χ1n) is 52.1. The van der Waals surface area contributed by atoms with Gasteiger partial charge in [0.1, 0.15) is 80.1 Å². The summed E-state index contributed by atoms with van der Waals surface area (Å²) in [6.45, 7) is 8.79. The van der Waals surface area contributed by atoms with Gasteiger partial charge in [-0.1, -0.05) is 34.1 Å². The number of Topliss-reactive ketones (excluding diaryl/α,β-unsaturated/α-hetero) is 10. The van der Waals surface area contributed by atoms with Crippen molar-refractivity contribution in [2.75, 3.05) is 204 Å². The van der Waals surface area contributed by atoms with E-state index in [1.165, 1.54) is 0 Å². The summed E-state index contributed by atoms with van der Waals surface area (Å²) in [6, 6.07) is -2.09. The smallest absolute Gasteiger partial charge is 0.253 e. The Morgan fingerprint density at radius 3 is 0.924 bits per heavy atom. The molecule has 0 unspecified atom stereocenters. The quantitative estimate of drug-likeness (QED) is 0.0290. The standard InChI is InChI=1S/C102H170N10O33/c1-5-23-80(113)28-15-30-84(117)34-19-51-134-57-64-141-73-96(127)105-46-13-10-36-87(110-98(129)76-144-66-59-135-52-20-35-85(118)31-16-29-81(114)24-6-2)90(121)39-22-54-137-58-65-142-74-97(128)106-47-14-11-37-88(91(122)70-79(102(103)133)71-109-94(125)44-50-112-100(131)42-43-101(112)132)111-99(130)77-145-67-60-136-53-21-38-89(120)78(69-86(119)72-140-63-61-138-55-48-107-92(123)40-17-32-82(115)25-7-3)27-9-12-45-104-95(126)75-143-68-62-139-56-49-108-93(124)41-18-33-83(116)26-8-4/h42-43,78-79,87-88H,5-41,44-77H2,1-4H3,(H2,103,133)(H,104,126)(H,105,127)(H,106,128)(H,107,123)(H,108,124)(H,109,125)(H,110,129)(H,111,130)/t78-,79+,87+,88+/m1/s1. The summed E-state index contributed by atoms with van der Waals surface area (Å²) < 4.78 is 66.5. The second-order valence-corrected chi connectivity index (χ2v) is 35.4. The van der Waals surface area contributed by atoms with Crippen LogP contribution in [0, 0.1) is 11.8 Å². The van der Waals surface area contributed by atoms with Crippen LogP contribution in [0.5, 0.6) is 0 Å². The fourth-order valence-electron chi connectivity index (χ4n) is 14.5. The van der Waals surface area contributed by atoms with Crippen LogP contribution < -0.4 is 48.3 Å². The van der Waals surface area contributed by atoms with Gasteiger partial charge in [-0.3, -0.25) is 106 Å². The number of nitrogens with zero attached hydrogens (tertiary/aromatic N) is 1. The van der Waals surface area contributed by atoms with Crippen molar-refractivity contribution in [2.24, 2.45) is 17.6 Å². The normalized spacial score (nSPS) is 12.5. The number of ether oxygens (including phenoxy) is 12. The number of rotatable bonds is 106. The molecule has 43 nitrogen and oxygen atoms in total. The molecule has 145 heavy (non-hydrogen) atoms. The van der Waals surface area contributed by atoms with Crippen LogP contribution >= 0.6 is 0 Å². The molecule has 0 aromatic heterocycles. The van der Waals surface area contributed by atoms with Crippen molar-refractivity contribution >= 4 is 123 Å². The molecule has 0 saturated carbocycles. The molecule has 0 radical (unpaired) electrons. The first-order valence-corrected chi connectivity index (χ1v) is 52.1. The van der Waals surface area contributed by atoms with Crippen LogP contribution in [0.15, 0.2) is 12.2 Å². The van der Waals surface area contributed by atoms with Crippen molar-refractivity contribution in [3.8, 4) is 0 Å². The molecule has 1 heterocycles. The van der Waals surface area contributed by atoms with E-state index in [0.717, 1.165) is 42.7 Å². The maximum Gasteiger partial charge on any atom is 0.253 e. The van der Waals surface area contributed by atoms with Crippen molar-refractivity contribution in [1.29, 1.82) is 0 Å². The number of ketones is 10. The lowest BCUT2D eigenvalue weighted by Crippen LogP contribution is -2.45. The van der Waals surface area contributed by atoms with Gasteiger partial charge >= 0.3 is 0 Å². The third-order valence-corrected chi connectivity index (χ3v) is 22.4. The van der Waals surface area contributed by atoms with Gasteiger partial charge in [0.15, 0.2) is 17.3 Å². The third kappa shape index (κ3) is 80.1. The van der Waals surface area contributed by atoms with Crippen molar-refractivity contribution < 1.29 is 158 Å². The van der Waals surface area contributed by atoms with Gasteiger partial charge in [0.25, 0.3) is 11.8 Å². The predicted molar refractivity (Wildman–Crippen MR) is 531 cm³/mol. The Morgan fingerprint density at radius 1 is 0.255 bits per heavy atom. The third-order valence-electron chi connectivity index (χ3n) is 22.4. The highest BCUT2D eigenvalue weighted by atomic mass is 16.6. The molecule has 0 spiro atoms. The molecular formula is C102H170N10O33. The van der Waals surface area contributed by atoms with Crippen molar-refractivity contribution in [1.82, 2.24) is 47.4 Å². The minimum Gasteiger partial charge on any atom is -0.379 e. The summed E-state index contributed by atoms with van der Waals surface area (Å²) >= 11 is 0. The Bertz CT molecular complexity index is 3790. The fourth-order valence-corrected chi connectivity index (χ4v) is 14.5. The summed E-state index contributed by atoms with van der Waals surface area (Å²) in [5, 5.41) is 21.7. The summed E-state index contributed by atoms with van der Waals surface area (Å²) in [5.41, 5.74) is 5.69. The highest BCUT2D eigenvalue weighted by Crippen LogP contribution is 2.20. The van der Waals surface area contributed by atoms with Gasteiger partial charge < -0.3 is 105 Å². The number of carbonyl (C=O) groups is 21. The van der Waals surface area contributed by atoms with Crippen molar-refractivity contribution in [3.63, 3.8) is 0 Å². The van der Waals surface area contributed by atoms with Gasteiger partial charge in [-0.05, 0) is 128 Å². The summed E-state index contributed by atoms with van der Waals surface area (Å²) in [6.07, 6.45) is 16.5. The molecule has 1 rings (SSSR count). The van der Waals surface area contributed by atoms with E-state index in [2.05, 4.69) is 42.5 Å². The number of hydrogen-bond donors (Lipinski definition) is 9. The zero-order chi connectivity index (χ0) is 107. The molecule has 0 aliphatic carbocycles. The molecule has 0 aromatic rings. The van der Waals surface area contributed by atoms with Gasteiger partial charge in [-0.15, -0.1) is 0 Å². The molecule has 0 aromatic carbocycles. The van der Waals surface area contributed by atoms with E-state index in [9.17, 15) is 101 Å². The van der Waals surface area contributed by atoms with Crippen molar-refractivity contribution in [3.05, 3.63) is 12.2 Å². The lowest BCUT2D eigenvalue weighted by Gasteiger charge is -2.21. The lowest BCUT2D eigenvalue weighted by molar-refractivity contribution is -0.138. The Hall–Kier alpha value is -9.67. The summed E-state index contributed by atoms with van der Waals surface area (Å²) in [4.78, 5) is 265. The zero-order valence-electron chi connectivity index (χ0n) is 86.7. The average Bonchev–Trinajstić information content (AvgIpc) is 1.75. The molecule has 0 fully saturated rings. The Labute approximate surface area is 854 Å². The zero-order valence-corrected chi connectivity index (χ0v) is 86.7. The number of imide groups is 1. The van der Waals surface area contributed by atoms with Crippen LogP contribution in [0.2, 0.25) is 0 Å². The molecular weight excluding hydrogens is 1890 g/mol. The van der Waals surface area contributed by atoms with Gasteiger partial charge in [0.05, 0.1) is 110 Å². The molecule has 10 N–H and O–H groups in total. The van der Waals surface area contributed by atoms with Crippen LogP contribution in [0.4, 0.5) is 0 Å². The Balaban J connectivity index is 2.85. The molecule has 0 saturated heterocycles. The van der Waals surface area contributed by atoms with Crippen LogP contribution in [-0.4, -0.2) is 344 Å². The molecule has 826 valence electrons. The number of primary amides is 1. The van der Waals surface area contributed by atoms with E-state index in [0.29, 0.717) is 167 Å². The topological polar surface area (TPSA) is 595 Å². The van der Waals surface area contributed by atoms with E-state index in [1.807, 2.05) is 27.7 Å². The highest BCUT2D eigenvalue weighted by Gasteiger charge is 2.30. The lowest BCUT2D eigenvalue weighted by atomic mass is 9.90. The molecule has 0 bridgehead atoms. The van der Waals surface area contributed by atoms with Gasteiger partial charge in [0, 0.05) is 212 Å². The van der Waals surface area contributed by atoms with Crippen molar-refractivity contribution in [2.45, 2.75) is 297 Å². The average molecular weight is 2060 g/mol. The van der Waals surface area contributed by atoms with E-state index in [1.54, 1.807) is 0 Å². The highest BCUT2D eigenvalue weighted by molar-refractivity contribution is 6.13. The number of nitrogens with one attached hydrogen (secondary N) is 8. The minimum atomic E-state index is -1.25. The Kier molecular flexibility index (Phi) is 84.4. The monoisotopic (exact) mass is 2060 g/mol. The number of unbranched alkanes of at least 4 members (excludes halogenated alkanes) is 3. The SMILES string of the molecule is CCCC(=O)CCCC(=O)CCCOCCOCC(=O)NCCCC[C@H](NC(=O)COCCOCCCC(=O)CCCC(=O)CCC)C(=O)CCCOCCOCC(=O)NCCCC[C@H](NC(=O)COCCOCCCC(=O)[C@H](CCCCNC(=O)COCCOCCNC(=O)CCCC(=O)CCC)CC(=O)COCCOCCNC(=O)CCCC(=O)CCC)C(=O)C[C@@H](CNC(=O)CCN1C(=O)C=CC1=O)C(N)=O. The summed E-state index contributed by atoms with van der Waals surface area (Å²) in [7, 11) is 0. The number of nitrogens with two attached hydrogens (primary N) is 1. The maximum absolute atomic E-state index is 14.0. The molecule has 1 aliphatic heterocycles. The fraction of sp³-hybridized carbons (Fsp3) is 0.775. The molecule has 1 aliphatic rings. The molecule has 11 amide bonds. The Morgan fingerprint density at radius 2 is 0.552 bits per heavy atom. The second kappa shape index (κ2) is 91.7. The van der Waals surface area contributed by atoms with Crippen LogP contribution in [-0.2, 0) is 158 Å². The first-order chi connectivity index (χ1) is 70.0. The van der Waals surface area contributed by atoms with E-state index < -0.39 is 90.6 Å². The molecule has 4 atom stereocenters. The number of amides is 11. The van der Waals surface area contributed by atoms with E-state index in [-0.39, 0.29) is 324 Å². The van der Waals surface area contributed by atoms with Crippen LogP contribution in [0.1, 0.15) is 285 Å². The summed E-state index contributed by atoms with van der Waals surface area (Å²) in [5.74, 6) is -8.16. The minimum absolute atomic E-state index is 0.00905. The van der Waals surface area contributed by atoms with Crippen LogP contribution in [0.25, 0.3) is 0 Å². The van der Waals surface area contributed by atoms with E-state index >= 15 is 0 Å². The van der Waals surface area contributed by atoms with Gasteiger partial charge in [0.2, 0.25) is 53.2 Å². The first kappa shape index (κ1) is 133. The predicted octanol–water partition coefficient (Wildman–Crippen LogP) is 4.87. The number of hydrogen-bond acceptors (Lipinski definition) is 33. The van der Waals surface area contributed by atoms with Gasteiger partial charge in [-0.2, -0.15) is 0 Å². The van der Waals surface area contributed by atoms with Gasteiger partial charge in [-0.25, -0.2) is 0 Å².